The minimum Gasteiger partial charge on any atom is -0.419 e. The molecule has 1 heterocycles. The van der Waals surface area contributed by atoms with Gasteiger partial charge in [-0.3, -0.25) is 0 Å². The van der Waals surface area contributed by atoms with Crippen molar-refractivity contribution in [3.63, 3.8) is 0 Å². The summed E-state index contributed by atoms with van der Waals surface area (Å²) in [6, 6.07) is 15.0. The van der Waals surface area contributed by atoms with E-state index >= 15 is 0 Å². The van der Waals surface area contributed by atoms with E-state index in [-0.39, 0.29) is 17.3 Å². The molecule has 0 aliphatic rings. The minimum absolute atomic E-state index is 0.0855. The van der Waals surface area contributed by atoms with Crippen molar-refractivity contribution in [1.29, 1.82) is 0 Å². The number of hydrogen-bond acceptors (Lipinski definition) is 5. The van der Waals surface area contributed by atoms with E-state index in [2.05, 4.69) is 14.9 Å². The second kappa shape index (κ2) is 6.49. The quantitative estimate of drug-likeness (QED) is 0.765. The first-order valence-electron chi connectivity index (χ1n) is 6.68. The van der Waals surface area contributed by atoms with Gasteiger partial charge in [0.25, 0.3) is 0 Å². The first kappa shape index (κ1) is 15.7. The lowest BCUT2D eigenvalue weighted by molar-refractivity contribution is 0.494. The Hall–Kier alpha value is -2.22. The van der Waals surface area contributed by atoms with E-state index in [9.17, 15) is 8.42 Å². The third-order valence-corrected chi connectivity index (χ3v) is 4.69. The molecule has 1 aromatic heterocycles. The van der Waals surface area contributed by atoms with Gasteiger partial charge in [0.2, 0.25) is 21.8 Å². The molecule has 0 aliphatic heterocycles. The normalized spacial score (nSPS) is 11.5. The van der Waals surface area contributed by atoms with Gasteiger partial charge in [-0.2, -0.15) is 0 Å². The summed E-state index contributed by atoms with van der Waals surface area (Å²) in [5.41, 5.74) is 0.707. The molecule has 0 saturated carbocycles. The molecule has 2 aromatic carbocycles. The number of benzene rings is 2. The Kier molecular flexibility index (Phi) is 4.42. The summed E-state index contributed by atoms with van der Waals surface area (Å²) < 4.78 is 32.1. The highest BCUT2D eigenvalue weighted by molar-refractivity contribution is 7.89. The number of rotatable bonds is 5. The van der Waals surface area contributed by atoms with Gasteiger partial charge in [-0.1, -0.05) is 29.8 Å². The van der Waals surface area contributed by atoms with Crippen LogP contribution in [0.2, 0.25) is 5.02 Å². The van der Waals surface area contributed by atoms with E-state index in [1.54, 1.807) is 42.5 Å². The Morgan fingerprint density at radius 3 is 2.39 bits per heavy atom. The molecule has 0 unspecified atom stereocenters. The smallest absolute Gasteiger partial charge is 0.247 e. The van der Waals surface area contributed by atoms with Crippen LogP contribution in [0, 0.1) is 0 Å². The van der Waals surface area contributed by atoms with E-state index in [4.69, 9.17) is 16.0 Å². The van der Waals surface area contributed by atoms with Crippen LogP contribution in [0.5, 0.6) is 0 Å². The summed E-state index contributed by atoms with van der Waals surface area (Å²) in [6.45, 7) is -0.0855. The Balaban J connectivity index is 1.71. The fraction of sp³-hybridized carbons (Fsp3) is 0.0667. The van der Waals surface area contributed by atoms with Crippen molar-refractivity contribution in [2.45, 2.75) is 11.4 Å². The van der Waals surface area contributed by atoms with E-state index in [1.807, 2.05) is 0 Å². The molecular formula is C15H12ClN3O3S. The van der Waals surface area contributed by atoms with E-state index in [0.29, 0.717) is 16.5 Å². The second-order valence-corrected chi connectivity index (χ2v) is 6.85. The number of nitrogens with zero attached hydrogens (tertiary/aromatic N) is 2. The van der Waals surface area contributed by atoms with Crippen molar-refractivity contribution in [2.24, 2.45) is 0 Å². The third kappa shape index (κ3) is 3.76. The van der Waals surface area contributed by atoms with Gasteiger partial charge in [0, 0.05) is 10.6 Å². The van der Waals surface area contributed by atoms with E-state index < -0.39 is 10.0 Å². The van der Waals surface area contributed by atoms with E-state index in [1.165, 1.54) is 12.1 Å². The molecule has 3 aromatic rings. The van der Waals surface area contributed by atoms with Crippen LogP contribution in [0.25, 0.3) is 11.5 Å². The molecule has 0 spiro atoms. The standard InChI is InChI=1S/C15H12ClN3O3S/c16-12-8-6-11(7-9-12)15-19-18-14(22-15)10-17-23(20,21)13-4-2-1-3-5-13/h1-9,17H,10H2. The van der Waals surface area contributed by atoms with Crippen LogP contribution < -0.4 is 4.72 Å². The number of sulfonamides is 1. The first-order valence-corrected chi connectivity index (χ1v) is 8.54. The molecule has 8 heteroatoms. The second-order valence-electron chi connectivity index (χ2n) is 4.65. The molecule has 0 atom stereocenters. The fourth-order valence-electron chi connectivity index (χ4n) is 1.87. The van der Waals surface area contributed by atoms with Crippen molar-refractivity contribution in [3.05, 3.63) is 65.5 Å². The Labute approximate surface area is 138 Å². The lowest BCUT2D eigenvalue weighted by atomic mass is 10.2. The van der Waals surface area contributed by atoms with Crippen LogP contribution in [-0.2, 0) is 16.6 Å². The molecule has 6 nitrogen and oxygen atoms in total. The van der Waals surface area contributed by atoms with Crippen LogP contribution >= 0.6 is 11.6 Å². The lowest BCUT2D eigenvalue weighted by Gasteiger charge is -2.03. The summed E-state index contributed by atoms with van der Waals surface area (Å²) in [5.74, 6) is 0.477. The molecule has 0 saturated heterocycles. The number of halogens is 1. The number of nitrogens with one attached hydrogen (secondary N) is 1. The predicted octanol–water partition coefficient (Wildman–Crippen LogP) is 2.87. The topological polar surface area (TPSA) is 85.1 Å². The highest BCUT2D eigenvalue weighted by atomic mass is 35.5. The van der Waals surface area contributed by atoms with Crippen molar-refractivity contribution >= 4 is 21.6 Å². The first-order chi connectivity index (χ1) is 11.0. The average molecular weight is 350 g/mol. The summed E-state index contributed by atoms with van der Waals surface area (Å²) in [6.07, 6.45) is 0. The Morgan fingerprint density at radius 2 is 1.70 bits per heavy atom. The van der Waals surface area contributed by atoms with E-state index in [0.717, 1.165) is 0 Å². The van der Waals surface area contributed by atoms with Crippen molar-refractivity contribution < 1.29 is 12.8 Å². The third-order valence-electron chi connectivity index (χ3n) is 3.02. The minimum atomic E-state index is -3.61. The molecule has 0 radical (unpaired) electrons. The van der Waals surface area contributed by atoms with Gasteiger partial charge in [-0.15, -0.1) is 10.2 Å². The summed E-state index contributed by atoms with van der Waals surface area (Å²) in [4.78, 5) is 0.178. The highest BCUT2D eigenvalue weighted by Crippen LogP contribution is 2.20. The summed E-state index contributed by atoms with van der Waals surface area (Å²) in [5, 5.41) is 8.33. The van der Waals surface area contributed by atoms with Gasteiger partial charge in [0.15, 0.2) is 0 Å². The highest BCUT2D eigenvalue weighted by Gasteiger charge is 2.15. The van der Waals surface area contributed by atoms with Gasteiger partial charge in [0.05, 0.1) is 11.4 Å². The van der Waals surface area contributed by atoms with Crippen LogP contribution in [-0.4, -0.2) is 18.6 Å². The molecule has 23 heavy (non-hydrogen) atoms. The molecular weight excluding hydrogens is 338 g/mol. The zero-order chi connectivity index (χ0) is 16.3. The summed E-state index contributed by atoms with van der Waals surface area (Å²) in [7, 11) is -3.61. The molecule has 118 valence electrons. The molecule has 0 aliphatic carbocycles. The van der Waals surface area contributed by atoms with Gasteiger partial charge in [0.1, 0.15) is 0 Å². The summed E-state index contributed by atoms with van der Waals surface area (Å²) >= 11 is 5.82. The largest absolute Gasteiger partial charge is 0.419 e. The molecule has 3 rings (SSSR count). The average Bonchev–Trinajstić information content (AvgIpc) is 3.04. The van der Waals surface area contributed by atoms with Crippen molar-refractivity contribution in [1.82, 2.24) is 14.9 Å². The van der Waals surface area contributed by atoms with Gasteiger partial charge < -0.3 is 4.42 Å². The predicted molar refractivity (Wildman–Crippen MR) is 85.2 cm³/mol. The molecule has 0 bridgehead atoms. The Bertz CT molecular complexity index is 893. The maximum absolute atomic E-state index is 12.1. The van der Waals surface area contributed by atoms with Crippen molar-refractivity contribution in [3.8, 4) is 11.5 Å². The molecule has 0 amide bonds. The van der Waals surface area contributed by atoms with Crippen LogP contribution in [0.15, 0.2) is 63.9 Å². The maximum Gasteiger partial charge on any atom is 0.247 e. The monoisotopic (exact) mass is 349 g/mol. The number of aromatic nitrogens is 2. The fourth-order valence-corrected chi connectivity index (χ4v) is 3.00. The van der Waals surface area contributed by atoms with Gasteiger partial charge in [-0.25, -0.2) is 13.1 Å². The maximum atomic E-state index is 12.1. The zero-order valence-corrected chi connectivity index (χ0v) is 13.4. The van der Waals surface area contributed by atoms with Crippen LogP contribution in [0.1, 0.15) is 5.89 Å². The van der Waals surface area contributed by atoms with Gasteiger partial charge >= 0.3 is 0 Å². The Morgan fingerprint density at radius 1 is 1.00 bits per heavy atom. The van der Waals surface area contributed by atoms with Gasteiger partial charge in [-0.05, 0) is 36.4 Å². The molecule has 1 N–H and O–H groups in total. The molecule has 0 fully saturated rings. The lowest BCUT2D eigenvalue weighted by Crippen LogP contribution is -2.23. The van der Waals surface area contributed by atoms with Crippen LogP contribution in [0.4, 0.5) is 0 Å². The zero-order valence-electron chi connectivity index (χ0n) is 11.8. The van der Waals surface area contributed by atoms with Crippen molar-refractivity contribution in [2.75, 3.05) is 0 Å². The number of hydrogen-bond donors (Lipinski definition) is 1. The van der Waals surface area contributed by atoms with Crippen LogP contribution in [0.3, 0.4) is 0 Å². The SMILES string of the molecule is O=S(=O)(NCc1nnc(-c2ccc(Cl)cc2)o1)c1ccccc1.